The number of aliphatic hydroxyl groups is 1. The molecule has 1 aromatic rings. The van der Waals surface area contributed by atoms with E-state index in [1.165, 1.54) is 12.1 Å². The van der Waals surface area contributed by atoms with E-state index in [9.17, 15) is 8.78 Å². The monoisotopic (exact) mass is 245 g/mol. The van der Waals surface area contributed by atoms with Crippen LogP contribution in [0.4, 0.5) is 8.78 Å². The first-order chi connectivity index (χ1) is 8.15. The van der Waals surface area contributed by atoms with Crippen LogP contribution in [0.15, 0.2) is 24.3 Å². The van der Waals surface area contributed by atoms with Gasteiger partial charge >= 0.3 is 6.61 Å². The lowest BCUT2D eigenvalue weighted by molar-refractivity contribution is -0.0498. The summed E-state index contributed by atoms with van der Waals surface area (Å²) in [5, 5.41) is 12.1. The maximum absolute atomic E-state index is 11.9. The second kappa shape index (κ2) is 7.19. The molecule has 2 N–H and O–H groups in total. The Kier molecular flexibility index (Phi) is 5.86. The molecule has 0 radical (unpaired) electrons. The summed E-state index contributed by atoms with van der Waals surface area (Å²) in [6.07, 6.45) is 0.836. The van der Waals surface area contributed by atoms with Crippen LogP contribution in [-0.2, 0) is 6.54 Å². The quantitative estimate of drug-likeness (QED) is 0.773. The molecule has 0 bridgehead atoms. The second-order valence-electron chi connectivity index (χ2n) is 3.69. The molecular formula is C12H17F2NO2. The average Bonchev–Trinajstić information content (AvgIpc) is 2.32. The summed E-state index contributed by atoms with van der Waals surface area (Å²) < 4.78 is 28.1. The van der Waals surface area contributed by atoms with E-state index in [4.69, 9.17) is 5.11 Å². The van der Waals surface area contributed by atoms with E-state index in [0.29, 0.717) is 6.54 Å². The lowest BCUT2D eigenvalue weighted by Crippen LogP contribution is -2.31. The molecule has 0 spiro atoms. The van der Waals surface area contributed by atoms with E-state index < -0.39 is 6.61 Å². The molecule has 3 nitrogen and oxygen atoms in total. The minimum atomic E-state index is -2.79. The van der Waals surface area contributed by atoms with Crippen molar-refractivity contribution in [2.75, 3.05) is 6.61 Å². The molecule has 0 heterocycles. The molecule has 0 aliphatic carbocycles. The Labute approximate surface area is 99.4 Å². The van der Waals surface area contributed by atoms with Crippen LogP contribution in [0.25, 0.3) is 0 Å². The standard InChI is InChI=1S/C12H17F2NO2/c1-2-10(8-16)15-7-9-3-5-11(6-4-9)17-12(13)14/h3-6,10,12,15-16H,2,7-8H2,1H3. The lowest BCUT2D eigenvalue weighted by atomic mass is 10.2. The SMILES string of the molecule is CCC(CO)NCc1ccc(OC(F)F)cc1. The maximum Gasteiger partial charge on any atom is 0.387 e. The highest BCUT2D eigenvalue weighted by Gasteiger charge is 2.05. The minimum Gasteiger partial charge on any atom is -0.435 e. The molecule has 0 aliphatic rings. The van der Waals surface area contributed by atoms with Gasteiger partial charge in [0, 0.05) is 12.6 Å². The molecule has 1 rings (SSSR count). The number of aliphatic hydroxyl groups excluding tert-OH is 1. The van der Waals surface area contributed by atoms with Crippen molar-refractivity contribution >= 4 is 0 Å². The Balaban J connectivity index is 2.45. The van der Waals surface area contributed by atoms with Gasteiger partial charge in [-0.2, -0.15) is 8.78 Å². The largest absolute Gasteiger partial charge is 0.435 e. The zero-order chi connectivity index (χ0) is 12.7. The molecular weight excluding hydrogens is 228 g/mol. The van der Waals surface area contributed by atoms with Crippen molar-refractivity contribution in [3.8, 4) is 5.75 Å². The van der Waals surface area contributed by atoms with Gasteiger partial charge in [-0.25, -0.2) is 0 Å². The van der Waals surface area contributed by atoms with E-state index in [-0.39, 0.29) is 18.4 Å². The normalized spacial score (nSPS) is 12.8. The van der Waals surface area contributed by atoms with Crippen LogP contribution >= 0.6 is 0 Å². The summed E-state index contributed by atoms with van der Waals surface area (Å²) in [5.41, 5.74) is 0.957. The molecule has 0 amide bonds. The van der Waals surface area contributed by atoms with Gasteiger partial charge in [-0.1, -0.05) is 19.1 Å². The number of hydrogen-bond donors (Lipinski definition) is 2. The molecule has 5 heteroatoms. The average molecular weight is 245 g/mol. The Bertz CT molecular complexity index is 313. The number of halogens is 2. The van der Waals surface area contributed by atoms with Crippen molar-refractivity contribution in [3.63, 3.8) is 0 Å². The fraction of sp³-hybridized carbons (Fsp3) is 0.500. The summed E-state index contributed by atoms with van der Waals surface area (Å²) in [6.45, 7) is -0.136. The number of hydrogen-bond acceptors (Lipinski definition) is 3. The minimum absolute atomic E-state index is 0.0620. The molecule has 17 heavy (non-hydrogen) atoms. The molecule has 0 fully saturated rings. The Morgan fingerprint density at radius 2 is 1.94 bits per heavy atom. The third-order valence-electron chi connectivity index (χ3n) is 2.46. The van der Waals surface area contributed by atoms with Crippen molar-refractivity contribution < 1.29 is 18.6 Å². The van der Waals surface area contributed by atoms with Gasteiger partial charge in [-0.3, -0.25) is 0 Å². The van der Waals surface area contributed by atoms with E-state index in [2.05, 4.69) is 10.1 Å². The van der Waals surface area contributed by atoms with Gasteiger partial charge in [0.15, 0.2) is 0 Å². The molecule has 1 aromatic carbocycles. The zero-order valence-corrected chi connectivity index (χ0v) is 9.70. The topological polar surface area (TPSA) is 41.5 Å². The number of benzene rings is 1. The third-order valence-corrected chi connectivity index (χ3v) is 2.46. The van der Waals surface area contributed by atoms with Gasteiger partial charge in [-0.15, -0.1) is 0 Å². The van der Waals surface area contributed by atoms with Crippen molar-refractivity contribution in [1.82, 2.24) is 5.32 Å². The van der Waals surface area contributed by atoms with Crippen LogP contribution in [0.2, 0.25) is 0 Å². The molecule has 0 aromatic heterocycles. The van der Waals surface area contributed by atoms with Gasteiger partial charge in [0.25, 0.3) is 0 Å². The second-order valence-corrected chi connectivity index (χ2v) is 3.69. The van der Waals surface area contributed by atoms with Crippen LogP contribution < -0.4 is 10.1 Å². The summed E-state index contributed by atoms with van der Waals surface area (Å²) in [4.78, 5) is 0. The van der Waals surface area contributed by atoms with E-state index in [0.717, 1.165) is 12.0 Å². The summed E-state index contributed by atoms with van der Waals surface area (Å²) >= 11 is 0. The smallest absolute Gasteiger partial charge is 0.387 e. The van der Waals surface area contributed by atoms with Gasteiger partial charge in [0.05, 0.1) is 6.61 Å². The van der Waals surface area contributed by atoms with Gasteiger partial charge in [-0.05, 0) is 24.1 Å². The van der Waals surface area contributed by atoms with Gasteiger partial charge in [0.2, 0.25) is 0 Å². The fourth-order valence-corrected chi connectivity index (χ4v) is 1.39. The van der Waals surface area contributed by atoms with Crippen LogP contribution in [-0.4, -0.2) is 24.4 Å². The molecule has 0 saturated carbocycles. The number of alkyl halides is 2. The summed E-state index contributed by atoms with van der Waals surface area (Å²) in [5.74, 6) is 0.151. The van der Waals surface area contributed by atoms with Crippen LogP contribution in [0.3, 0.4) is 0 Å². The highest BCUT2D eigenvalue weighted by molar-refractivity contribution is 5.27. The van der Waals surface area contributed by atoms with E-state index in [1.54, 1.807) is 12.1 Å². The van der Waals surface area contributed by atoms with E-state index in [1.807, 2.05) is 6.92 Å². The molecule has 1 atom stereocenters. The first kappa shape index (κ1) is 13.9. The van der Waals surface area contributed by atoms with Crippen LogP contribution in [0, 0.1) is 0 Å². The first-order valence-electron chi connectivity index (χ1n) is 5.53. The highest BCUT2D eigenvalue weighted by Crippen LogP contribution is 2.14. The Morgan fingerprint density at radius 3 is 2.41 bits per heavy atom. The predicted octanol–water partition coefficient (Wildman–Crippen LogP) is 2.15. The van der Waals surface area contributed by atoms with Crippen molar-refractivity contribution in [3.05, 3.63) is 29.8 Å². The Hall–Kier alpha value is -1.20. The fourth-order valence-electron chi connectivity index (χ4n) is 1.39. The van der Waals surface area contributed by atoms with Crippen molar-refractivity contribution in [2.45, 2.75) is 32.5 Å². The zero-order valence-electron chi connectivity index (χ0n) is 9.70. The van der Waals surface area contributed by atoms with Crippen molar-refractivity contribution in [2.24, 2.45) is 0 Å². The molecule has 96 valence electrons. The van der Waals surface area contributed by atoms with Crippen molar-refractivity contribution in [1.29, 1.82) is 0 Å². The number of ether oxygens (including phenoxy) is 1. The summed E-state index contributed by atoms with van der Waals surface area (Å²) in [6, 6.07) is 6.50. The number of rotatable bonds is 7. The molecule has 0 aliphatic heterocycles. The predicted molar refractivity (Wildman–Crippen MR) is 61.1 cm³/mol. The van der Waals surface area contributed by atoms with Crippen LogP contribution in [0.1, 0.15) is 18.9 Å². The highest BCUT2D eigenvalue weighted by atomic mass is 19.3. The molecule has 1 unspecified atom stereocenters. The third kappa shape index (κ3) is 5.10. The first-order valence-corrected chi connectivity index (χ1v) is 5.53. The van der Waals surface area contributed by atoms with Crippen LogP contribution in [0.5, 0.6) is 5.75 Å². The molecule has 0 saturated heterocycles. The summed E-state index contributed by atoms with van der Waals surface area (Å²) in [7, 11) is 0. The van der Waals surface area contributed by atoms with Gasteiger partial charge in [0.1, 0.15) is 5.75 Å². The number of nitrogens with one attached hydrogen (secondary N) is 1. The van der Waals surface area contributed by atoms with E-state index >= 15 is 0 Å². The maximum atomic E-state index is 11.9. The van der Waals surface area contributed by atoms with Gasteiger partial charge < -0.3 is 15.2 Å². The Morgan fingerprint density at radius 1 is 1.29 bits per heavy atom. The lowest BCUT2D eigenvalue weighted by Gasteiger charge is -2.14.